The number of carbonyl (C=O) groups is 1. The fraction of sp³-hybridized carbons (Fsp3) is 0.0833. The van der Waals surface area contributed by atoms with Crippen LogP contribution in [0.3, 0.4) is 0 Å². The number of para-hydroxylation sites is 1. The van der Waals surface area contributed by atoms with Gasteiger partial charge in [0.25, 0.3) is 0 Å². The lowest BCUT2D eigenvalue weighted by atomic mass is 10.2. The minimum atomic E-state index is -0.0966. The molecule has 29 heavy (non-hydrogen) atoms. The SMILES string of the molecule is O=C(Cc1ccnn1-c1ccccc1)Nc1ccc(OCc2ccccc2)cc1. The average molecular weight is 383 g/mol. The lowest BCUT2D eigenvalue weighted by Crippen LogP contribution is -2.16. The van der Waals surface area contributed by atoms with Crippen LogP contribution >= 0.6 is 0 Å². The Bertz CT molecular complexity index is 1060. The largest absolute Gasteiger partial charge is 0.489 e. The van der Waals surface area contributed by atoms with Crippen molar-refractivity contribution in [1.82, 2.24) is 9.78 Å². The zero-order chi connectivity index (χ0) is 19.9. The molecule has 1 N–H and O–H groups in total. The second kappa shape index (κ2) is 8.89. The molecular weight excluding hydrogens is 362 g/mol. The number of nitrogens with zero attached hydrogens (tertiary/aromatic N) is 2. The quantitative estimate of drug-likeness (QED) is 0.506. The van der Waals surface area contributed by atoms with Gasteiger partial charge in [-0.1, -0.05) is 48.5 Å². The van der Waals surface area contributed by atoms with Gasteiger partial charge in [-0.25, -0.2) is 4.68 Å². The van der Waals surface area contributed by atoms with Crippen molar-refractivity contribution < 1.29 is 9.53 Å². The number of carbonyl (C=O) groups excluding carboxylic acids is 1. The minimum Gasteiger partial charge on any atom is -0.489 e. The topological polar surface area (TPSA) is 56.2 Å². The highest BCUT2D eigenvalue weighted by molar-refractivity contribution is 5.92. The van der Waals surface area contributed by atoms with E-state index in [9.17, 15) is 4.79 Å². The van der Waals surface area contributed by atoms with Crippen molar-refractivity contribution >= 4 is 11.6 Å². The van der Waals surface area contributed by atoms with Crippen LogP contribution in [0.2, 0.25) is 0 Å². The number of amides is 1. The highest BCUT2D eigenvalue weighted by Crippen LogP contribution is 2.18. The Morgan fingerprint density at radius 3 is 2.28 bits per heavy atom. The van der Waals surface area contributed by atoms with E-state index in [0.29, 0.717) is 6.61 Å². The maximum atomic E-state index is 12.5. The number of benzene rings is 3. The molecule has 0 saturated carbocycles. The Labute approximate surface area is 169 Å². The summed E-state index contributed by atoms with van der Waals surface area (Å²) in [5, 5.41) is 7.25. The number of rotatable bonds is 7. The van der Waals surface area contributed by atoms with Gasteiger partial charge in [0.2, 0.25) is 5.91 Å². The molecule has 0 aliphatic heterocycles. The summed E-state index contributed by atoms with van der Waals surface area (Å²) in [6.07, 6.45) is 1.94. The average Bonchev–Trinajstić information content (AvgIpc) is 3.22. The zero-order valence-electron chi connectivity index (χ0n) is 15.9. The molecule has 0 atom stereocenters. The van der Waals surface area contributed by atoms with E-state index in [1.807, 2.05) is 91.0 Å². The first-order valence-corrected chi connectivity index (χ1v) is 9.43. The molecule has 5 heteroatoms. The predicted octanol–water partition coefficient (Wildman–Crippen LogP) is 4.63. The molecular formula is C24H21N3O2. The first-order valence-electron chi connectivity index (χ1n) is 9.43. The highest BCUT2D eigenvalue weighted by atomic mass is 16.5. The van der Waals surface area contributed by atoms with E-state index in [-0.39, 0.29) is 12.3 Å². The van der Waals surface area contributed by atoms with E-state index in [1.165, 1.54) is 0 Å². The Kier molecular flexibility index (Phi) is 5.67. The molecule has 4 rings (SSSR count). The normalized spacial score (nSPS) is 10.5. The van der Waals surface area contributed by atoms with Gasteiger partial charge in [0.05, 0.1) is 17.8 Å². The second-order valence-electron chi connectivity index (χ2n) is 6.59. The Hall–Kier alpha value is -3.86. The van der Waals surface area contributed by atoms with Crippen LogP contribution in [0, 0.1) is 0 Å². The van der Waals surface area contributed by atoms with E-state index in [0.717, 1.165) is 28.4 Å². The summed E-state index contributed by atoms with van der Waals surface area (Å²) < 4.78 is 7.56. The number of nitrogens with one attached hydrogen (secondary N) is 1. The monoisotopic (exact) mass is 383 g/mol. The third-order valence-corrected chi connectivity index (χ3v) is 4.45. The van der Waals surface area contributed by atoms with Crippen LogP contribution in [0.1, 0.15) is 11.3 Å². The number of ether oxygens (including phenoxy) is 1. The zero-order valence-corrected chi connectivity index (χ0v) is 15.9. The highest BCUT2D eigenvalue weighted by Gasteiger charge is 2.10. The number of anilines is 1. The summed E-state index contributed by atoms with van der Waals surface area (Å²) in [5.74, 6) is 0.662. The van der Waals surface area contributed by atoms with E-state index in [1.54, 1.807) is 10.9 Å². The van der Waals surface area contributed by atoms with Gasteiger partial charge in [0, 0.05) is 11.9 Å². The molecule has 0 aliphatic rings. The lowest BCUT2D eigenvalue weighted by molar-refractivity contribution is -0.115. The summed E-state index contributed by atoms with van der Waals surface area (Å²) in [4.78, 5) is 12.5. The first-order chi connectivity index (χ1) is 14.3. The van der Waals surface area contributed by atoms with E-state index in [4.69, 9.17) is 4.74 Å². The van der Waals surface area contributed by atoms with Gasteiger partial charge in [-0.15, -0.1) is 0 Å². The van der Waals surface area contributed by atoms with Crippen LogP contribution in [-0.2, 0) is 17.8 Å². The predicted molar refractivity (Wildman–Crippen MR) is 113 cm³/mol. The molecule has 1 aromatic heterocycles. The summed E-state index contributed by atoms with van der Waals surface area (Å²) in [6, 6.07) is 29.0. The molecule has 4 aromatic rings. The van der Waals surface area contributed by atoms with Crippen LogP contribution in [0.5, 0.6) is 5.75 Å². The van der Waals surface area contributed by atoms with Gasteiger partial charge >= 0.3 is 0 Å². The van der Waals surface area contributed by atoms with Crippen molar-refractivity contribution in [2.45, 2.75) is 13.0 Å². The molecule has 1 amide bonds. The molecule has 0 fully saturated rings. The van der Waals surface area contributed by atoms with Crippen LogP contribution in [0.15, 0.2) is 97.2 Å². The van der Waals surface area contributed by atoms with E-state index in [2.05, 4.69) is 10.4 Å². The van der Waals surface area contributed by atoms with Gasteiger partial charge < -0.3 is 10.1 Å². The first kappa shape index (κ1) is 18.5. The third-order valence-electron chi connectivity index (χ3n) is 4.45. The van der Waals surface area contributed by atoms with Crippen molar-refractivity contribution in [1.29, 1.82) is 0 Å². The molecule has 0 spiro atoms. The molecule has 0 saturated heterocycles. The molecule has 1 heterocycles. The summed E-state index contributed by atoms with van der Waals surface area (Å²) in [5.41, 5.74) is 3.60. The Morgan fingerprint density at radius 2 is 1.55 bits per heavy atom. The smallest absolute Gasteiger partial charge is 0.230 e. The standard InChI is InChI=1S/C24H21N3O2/c28-24(17-22-15-16-25-27(22)21-9-5-2-6-10-21)26-20-11-13-23(14-12-20)29-18-19-7-3-1-4-8-19/h1-16H,17-18H2,(H,26,28). The summed E-state index contributed by atoms with van der Waals surface area (Å²) in [7, 11) is 0. The molecule has 5 nitrogen and oxygen atoms in total. The van der Waals surface area contributed by atoms with Gasteiger partial charge in [-0.2, -0.15) is 5.10 Å². The van der Waals surface area contributed by atoms with Gasteiger partial charge in [0.15, 0.2) is 0 Å². The van der Waals surface area contributed by atoms with Gasteiger partial charge in [0.1, 0.15) is 12.4 Å². The van der Waals surface area contributed by atoms with Gasteiger partial charge in [-0.05, 0) is 48.0 Å². The van der Waals surface area contributed by atoms with Crippen molar-refractivity contribution in [2.75, 3.05) is 5.32 Å². The second-order valence-corrected chi connectivity index (χ2v) is 6.59. The molecule has 144 valence electrons. The van der Waals surface area contributed by atoms with Crippen LogP contribution < -0.4 is 10.1 Å². The maximum absolute atomic E-state index is 12.5. The summed E-state index contributed by atoms with van der Waals surface area (Å²) >= 11 is 0. The third kappa shape index (κ3) is 4.90. The number of hydrogen-bond donors (Lipinski definition) is 1. The fourth-order valence-corrected chi connectivity index (χ4v) is 3.01. The number of hydrogen-bond acceptors (Lipinski definition) is 3. The maximum Gasteiger partial charge on any atom is 0.230 e. The van der Waals surface area contributed by atoms with Crippen molar-refractivity contribution in [3.05, 3.63) is 108 Å². The van der Waals surface area contributed by atoms with Crippen LogP contribution in [-0.4, -0.2) is 15.7 Å². The molecule has 3 aromatic carbocycles. The lowest BCUT2D eigenvalue weighted by Gasteiger charge is -2.10. The summed E-state index contributed by atoms with van der Waals surface area (Å²) in [6.45, 7) is 0.510. The van der Waals surface area contributed by atoms with Crippen molar-refractivity contribution in [2.24, 2.45) is 0 Å². The Morgan fingerprint density at radius 1 is 0.862 bits per heavy atom. The molecule has 0 unspecified atom stereocenters. The minimum absolute atomic E-state index is 0.0966. The molecule has 0 aliphatic carbocycles. The van der Waals surface area contributed by atoms with E-state index < -0.39 is 0 Å². The van der Waals surface area contributed by atoms with Crippen molar-refractivity contribution in [3.8, 4) is 11.4 Å². The van der Waals surface area contributed by atoms with E-state index >= 15 is 0 Å². The number of aromatic nitrogens is 2. The Balaban J connectivity index is 1.34. The van der Waals surface area contributed by atoms with Crippen LogP contribution in [0.4, 0.5) is 5.69 Å². The molecule has 0 bridgehead atoms. The van der Waals surface area contributed by atoms with Crippen LogP contribution in [0.25, 0.3) is 5.69 Å². The fourth-order valence-electron chi connectivity index (χ4n) is 3.01. The molecule has 0 radical (unpaired) electrons. The van der Waals surface area contributed by atoms with Crippen molar-refractivity contribution in [3.63, 3.8) is 0 Å². The van der Waals surface area contributed by atoms with Gasteiger partial charge in [-0.3, -0.25) is 4.79 Å².